The molecule has 2 aromatic carbocycles. The molecule has 7 nitrogen and oxygen atoms in total. The van der Waals surface area contributed by atoms with Crippen molar-refractivity contribution in [2.45, 2.75) is 39.2 Å². The minimum absolute atomic E-state index is 0.292. The molecular weight excluding hydrogens is 462 g/mol. The molecule has 1 saturated heterocycles. The fourth-order valence-corrected chi connectivity index (χ4v) is 4.18. The number of para-hydroxylation sites is 1. The maximum atomic E-state index is 13.6. The summed E-state index contributed by atoms with van der Waals surface area (Å²) in [5.41, 5.74) is 1.35. The van der Waals surface area contributed by atoms with Crippen molar-refractivity contribution in [1.82, 2.24) is 14.5 Å². The van der Waals surface area contributed by atoms with Crippen LogP contribution in [-0.2, 0) is 4.74 Å². The van der Waals surface area contributed by atoms with Gasteiger partial charge in [0.25, 0.3) is 0 Å². The van der Waals surface area contributed by atoms with E-state index >= 15 is 0 Å². The lowest BCUT2D eigenvalue weighted by Gasteiger charge is -2.22. The Labute approximate surface area is 212 Å². The number of halogens is 1. The summed E-state index contributed by atoms with van der Waals surface area (Å²) in [6, 6.07) is 17.3. The minimum Gasteiger partial charge on any atom is -0.455 e. The third-order valence-electron chi connectivity index (χ3n) is 5.57. The van der Waals surface area contributed by atoms with Crippen molar-refractivity contribution in [3.05, 3.63) is 70.9 Å². The number of esters is 1. The van der Waals surface area contributed by atoms with Crippen LogP contribution in [0.3, 0.4) is 0 Å². The first kappa shape index (κ1) is 24.8. The molecule has 0 bridgehead atoms. The Balaban J connectivity index is 1.96. The molecule has 1 aromatic heterocycles. The average Bonchev–Trinajstić information content (AvgIpc) is 3.46. The number of hydrogen-bond donors (Lipinski definition) is 0. The normalized spacial score (nSPS) is 14.3. The van der Waals surface area contributed by atoms with Crippen molar-refractivity contribution in [2.24, 2.45) is 4.99 Å². The second-order valence-electron chi connectivity index (χ2n) is 9.79. The van der Waals surface area contributed by atoms with Crippen molar-refractivity contribution in [1.29, 1.82) is 0 Å². The van der Waals surface area contributed by atoms with Crippen LogP contribution in [0, 0.1) is 0 Å². The Morgan fingerprint density at radius 1 is 1.03 bits per heavy atom. The molecule has 1 fully saturated rings. The van der Waals surface area contributed by atoms with Crippen LogP contribution in [0.2, 0.25) is 5.02 Å². The number of aromatic nitrogens is 2. The molecule has 35 heavy (non-hydrogen) atoms. The molecule has 3 aromatic rings. The van der Waals surface area contributed by atoms with Gasteiger partial charge in [-0.2, -0.15) is 4.98 Å². The van der Waals surface area contributed by atoms with E-state index in [1.54, 1.807) is 0 Å². The van der Waals surface area contributed by atoms with Crippen molar-refractivity contribution < 1.29 is 9.53 Å². The Morgan fingerprint density at radius 3 is 2.23 bits per heavy atom. The van der Waals surface area contributed by atoms with E-state index in [0.717, 1.165) is 43.0 Å². The topological polar surface area (TPSA) is 63.0 Å². The highest BCUT2D eigenvalue weighted by atomic mass is 35.5. The lowest BCUT2D eigenvalue weighted by molar-refractivity contribution is 0.00617. The Hall–Kier alpha value is -3.32. The van der Waals surface area contributed by atoms with E-state index in [1.807, 2.05) is 98.9 Å². The number of nitrogens with zero attached hydrogens (tertiary/aromatic N) is 5. The van der Waals surface area contributed by atoms with Gasteiger partial charge in [-0.05, 0) is 70.0 Å². The van der Waals surface area contributed by atoms with Gasteiger partial charge in [0.2, 0.25) is 5.95 Å². The second-order valence-corrected chi connectivity index (χ2v) is 10.2. The summed E-state index contributed by atoms with van der Waals surface area (Å²) in [7, 11) is 3.80. The van der Waals surface area contributed by atoms with Crippen LogP contribution >= 0.6 is 11.6 Å². The SMILES string of the molecule is CN(C)c1nc(/N=C(/c2ccc(Cl)cc2)N2CCCC2)c(C(=O)OC(C)(C)C)n1-c1ccccc1. The van der Waals surface area contributed by atoms with Gasteiger partial charge in [0.1, 0.15) is 11.4 Å². The molecule has 184 valence electrons. The van der Waals surface area contributed by atoms with E-state index < -0.39 is 11.6 Å². The maximum absolute atomic E-state index is 13.6. The van der Waals surface area contributed by atoms with Crippen molar-refractivity contribution >= 4 is 35.2 Å². The molecule has 0 saturated carbocycles. The lowest BCUT2D eigenvalue weighted by atomic mass is 10.2. The summed E-state index contributed by atoms with van der Waals surface area (Å²) in [5.74, 6) is 1.21. The molecule has 0 spiro atoms. The zero-order valence-corrected chi connectivity index (χ0v) is 21.7. The Morgan fingerprint density at radius 2 is 1.66 bits per heavy atom. The van der Waals surface area contributed by atoms with Gasteiger partial charge in [-0.25, -0.2) is 9.79 Å². The number of ether oxygens (including phenoxy) is 1. The highest BCUT2D eigenvalue weighted by molar-refractivity contribution is 6.30. The summed E-state index contributed by atoms with van der Waals surface area (Å²) < 4.78 is 7.65. The first-order valence-electron chi connectivity index (χ1n) is 11.8. The van der Waals surface area contributed by atoms with E-state index in [0.29, 0.717) is 22.5 Å². The monoisotopic (exact) mass is 493 g/mol. The first-order valence-corrected chi connectivity index (χ1v) is 12.2. The number of rotatable bonds is 5. The Bertz CT molecular complexity index is 1200. The molecule has 0 unspecified atom stereocenters. The number of carbonyl (C=O) groups excluding carboxylic acids is 1. The predicted molar refractivity (Wildman–Crippen MR) is 142 cm³/mol. The molecule has 8 heteroatoms. The van der Waals surface area contributed by atoms with Gasteiger partial charge in [-0.15, -0.1) is 0 Å². The lowest BCUT2D eigenvalue weighted by Crippen LogP contribution is -2.29. The highest BCUT2D eigenvalue weighted by Crippen LogP contribution is 2.32. The molecule has 1 aliphatic rings. The summed E-state index contributed by atoms with van der Waals surface area (Å²) in [6.45, 7) is 7.35. The first-order chi connectivity index (χ1) is 16.6. The largest absolute Gasteiger partial charge is 0.455 e. The van der Waals surface area contributed by atoms with Crippen LogP contribution in [0.25, 0.3) is 5.69 Å². The molecule has 1 aliphatic heterocycles. The number of anilines is 1. The average molecular weight is 494 g/mol. The third kappa shape index (κ3) is 5.68. The molecule has 0 amide bonds. The van der Waals surface area contributed by atoms with Crippen molar-refractivity contribution in [3.8, 4) is 5.69 Å². The van der Waals surface area contributed by atoms with Crippen LogP contribution in [0.15, 0.2) is 59.6 Å². The third-order valence-corrected chi connectivity index (χ3v) is 5.82. The minimum atomic E-state index is -0.671. The van der Waals surface area contributed by atoms with Gasteiger partial charge in [0.05, 0.1) is 0 Å². The number of carbonyl (C=O) groups is 1. The fourth-order valence-electron chi connectivity index (χ4n) is 4.05. The zero-order chi connectivity index (χ0) is 25.2. The van der Waals surface area contributed by atoms with E-state index in [1.165, 1.54) is 0 Å². The fraction of sp³-hybridized carbons (Fsp3) is 0.370. The molecule has 2 heterocycles. The van der Waals surface area contributed by atoms with Crippen molar-refractivity contribution in [3.63, 3.8) is 0 Å². The van der Waals surface area contributed by atoms with Crippen molar-refractivity contribution in [2.75, 3.05) is 32.1 Å². The molecule has 0 aliphatic carbocycles. The van der Waals surface area contributed by atoms with Gasteiger partial charge in [-0.3, -0.25) is 4.57 Å². The standard InChI is InChI=1S/C27H32ClN5O2/c1-27(2,3)35-25(34)22-23(30-26(31(4)5)33(22)21-11-7-6-8-12-21)29-24(32-17-9-10-18-32)19-13-15-20(28)16-14-19/h6-8,11-16H,9-10,17-18H2,1-5H3/b29-24-. The van der Waals surface area contributed by atoms with Gasteiger partial charge < -0.3 is 14.5 Å². The van der Waals surface area contributed by atoms with Crippen LogP contribution in [0.1, 0.15) is 49.7 Å². The molecular formula is C27H32ClN5O2. The summed E-state index contributed by atoms with van der Waals surface area (Å²) in [5, 5.41) is 0.659. The van der Waals surface area contributed by atoms with Crippen LogP contribution in [0.5, 0.6) is 0 Å². The summed E-state index contributed by atoms with van der Waals surface area (Å²) >= 11 is 6.16. The van der Waals surface area contributed by atoms with Crippen LogP contribution in [0.4, 0.5) is 11.8 Å². The predicted octanol–water partition coefficient (Wildman–Crippen LogP) is 5.72. The van der Waals surface area contributed by atoms with E-state index in [4.69, 9.17) is 26.3 Å². The number of imidazole rings is 1. The highest BCUT2D eigenvalue weighted by Gasteiger charge is 2.30. The Kier molecular flexibility index (Phi) is 7.17. The smallest absolute Gasteiger partial charge is 0.359 e. The van der Waals surface area contributed by atoms with E-state index in [9.17, 15) is 4.79 Å². The van der Waals surface area contributed by atoms with E-state index in [-0.39, 0.29) is 0 Å². The number of likely N-dealkylation sites (tertiary alicyclic amines) is 1. The number of benzene rings is 2. The number of hydrogen-bond acceptors (Lipinski definition) is 5. The summed E-state index contributed by atoms with van der Waals surface area (Å²) in [6.07, 6.45) is 2.18. The molecule has 0 radical (unpaired) electrons. The van der Waals surface area contributed by atoms with Gasteiger partial charge in [-0.1, -0.05) is 29.8 Å². The zero-order valence-electron chi connectivity index (χ0n) is 21.0. The van der Waals surface area contributed by atoms with Gasteiger partial charge in [0, 0.05) is 43.5 Å². The van der Waals surface area contributed by atoms with Gasteiger partial charge in [0.15, 0.2) is 11.5 Å². The van der Waals surface area contributed by atoms with Crippen LogP contribution in [-0.4, -0.2) is 59.0 Å². The molecule has 0 N–H and O–H groups in total. The summed E-state index contributed by atoms with van der Waals surface area (Å²) in [4.78, 5) is 27.6. The number of amidine groups is 1. The van der Waals surface area contributed by atoms with Gasteiger partial charge >= 0.3 is 5.97 Å². The second kappa shape index (κ2) is 10.1. The van der Waals surface area contributed by atoms with E-state index in [2.05, 4.69) is 4.90 Å². The molecule has 4 rings (SSSR count). The number of aliphatic imine (C=N–C) groups is 1. The van der Waals surface area contributed by atoms with Crippen LogP contribution < -0.4 is 4.90 Å². The maximum Gasteiger partial charge on any atom is 0.359 e. The molecule has 0 atom stereocenters. The quantitative estimate of drug-likeness (QED) is 0.258.